The van der Waals surface area contributed by atoms with E-state index in [-0.39, 0.29) is 38.4 Å². The highest BCUT2D eigenvalue weighted by atomic mass is 35.5. The molecule has 0 unspecified atom stereocenters. The highest BCUT2D eigenvalue weighted by molar-refractivity contribution is 6.35. The van der Waals surface area contributed by atoms with Crippen molar-refractivity contribution in [3.63, 3.8) is 0 Å². The molecule has 11 nitrogen and oxygen atoms in total. The predicted octanol–water partition coefficient (Wildman–Crippen LogP) is 4.80. The first-order valence-corrected chi connectivity index (χ1v) is 11.9. The molecule has 0 aliphatic rings. The minimum Gasteiger partial charge on any atom is -0.496 e. The van der Waals surface area contributed by atoms with E-state index in [0.29, 0.717) is 28.0 Å². The van der Waals surface area contributed by atoms with E-state index >= 15 is 0 Å². The van der Waals surface area contributed by atoms with Crippen molar-refractivity contribution >= 4 is 51.6 Å². The number of carbonyl (C=O) groups is 1. The Morgan fingerprint density at radius 2 is 1.45 bits per heavy atom. The van der Waals surface area contributed by atoms with Crippen LogP contribution in [0.4, 0.5) is 8.78 Å². The number of rotatable bonds is 5. The number of hydrogen-bond acceptors (Lipinski definition) is 10. The van der Waals surface area contributed by atoms with Crippen LogP contribution in [0.25, 0.3) is 22.3 Å². The largest absolute Gasteiger partial charge is 0.496 e. The Kier molecular flexibility index (Phi) is 10.6. The lowest BCUT2D eigenvalue weighted by Crippen LogP contribution is -2.07. The third-order valence-corrected chi connectivity index (χ3v) is 5.73. The van der Waals surface area contributed by atoms with Crippen LogP contribution in [0.15, 0.2) is 48.8 Å². The van der Waals surface area contributed by atoms with Gasteiger partial charge < -0.3 is 9.47 Å². The van der Waals surface area contributed by atoms with Gasteiger partial charge >= 0.3 is 0 Å². The summed E-state index contributed by atoms with van der Waals surface area (Å²) in [6.07, 6.45) is 2.72. The second-order valence-corrected chi connectivity index (χ2v) is 8.37. The van der Waals surface area contributed by atoms with Crippen LogP contribution in [0.1, 0.15) is 15.9 Å². The van der Waals surface area contributed by atoms with Gasteiger partial charge in [-0.2, -0.15) is 10.1 Å². The Balaban J connectivity index is 0.000000208. The third-order valence-electron chi connectivity index (χ3n) is 5.08. The number of aromatic nitrogens is 6. The molecule has 40 heavy (non-hydrogen) atoms. The SMILES string of the molecule is COc1ccc(F)cc1-c1[nH]nc2nc(Cl)ncc12.COc1ccc(F)cc1C(=O)c1cnc(Cl)nc1Cl.NN. The number of ketones is 1. The van der Waals surface area contributed by atoms with Gasteiger partial charge in [-0.1, -0.05) is 11.6 Å². The van der Waals surface area contributed by atoms with Crippen molar-refractivity contribution in [2.45, 2.75) is 0 Å². The minimum atomic E-state index is -0.560. The van der Waals surface area contributed by atoms with Crippen molar-refractivity contribution in [2.24, 2.45) is 11.7 Å². The van der Waals surface area contributed by atoms with Gasteiger partial charge in [0.25, 0.3) is 0 Å². The number of halogens is 5. The Morgan fingerprint density at radius 1 is 0.850 bits per heavy atom. The molecule has 0 spiro atoms. The Morgan fingerprint density at radius 3 is 2.10 bits per heavy atom. The molecular weight excluding hydrogens is 593 g/mol. The number of nitrogens with two attached hydrogens (primary N) is 2. The maximum absolute atomic E-state index is 13.4. The average molecular weight is 612 g/mol. The van der Waals surface area contributed by atoms with Crippen molar-refractivity contribution < 1.29 is 23.0 Å². The molecule has 5 aromatic rings. The van der Waals surface area contributed by atoms with Gasteiger partial charge in [0.05, 0.1) is 36.4 Å². The molecule has 0 saturated heterocycles. The molecule has 5 rings (SSSR count). The number of methoxy groups -OCH3 is 2. The summed E-state index contributed by atoms with van der Waals surface area (Å²) < 4.78 is 36.9. The van der Waals surface area contributed by atoms with E-state index in [2.05, 4.69) is 41.8 Å². The van der Waals surface area contributed by atoms with Gasteiger partial charge in [0.15, 0.2) is 5.65 Å². The van der Waals surface area contributed by atoms with Crippen LogP contribution in [0, 0.1) is 11.6 Å². The van der Waals surface area contributed by atoms with Gasteiger partial charge in [0.2, 0.25) is 16.4 Å². The van der Waals surface area contributed by atoms with Crippen LogP contribution >= 0.6 is 34.8 Å². The van der Waals surface area contributed by atoms with Crippen molar-refractivity contribution in [1.82, 2.24) is 30.1 Å². The Hall–Kier alpha value is -4.01. The first-order valence-electron chi connectivity index (χ1n) is 10.8. The molecule has 208 valence electrons. The summed E-state index contributed by atoms with van der Waals surface area (Å²) in [4.78, 5) is 27.5. The number of hydrazine groups is 1. The second kappa shape index (κ2) is 13.9. The molecule has 0 radical (unpaired) electrons. The number of nitrogens with zero attached hydrogens (tertiary/aromatic N) is 5. The van der Waals surface area contributed by atoms with Crippen molar-refractivity contribution in [2.75, 3.05) is 14.2 Å². The summed E-state index contributed by atoms with van der Waals surface area (Å²) in [5, 5.41) is 7.40. The monoisotopic (exact) mass is 610 g/mol. The van der Waals surface area contributed by atoms with E-state index in [1.54, 1.807) is 6.07 Å². The van der Waals surface area contributed by atoms with Crippen LogP contribution in [0.2, 0.25) is 15.7 Å². The second-order valence-electron chi connectivity index (χ2n) is 7.34. The Bertz CT molecular complexity index is 1660. The van der Waals surface area contributed by atoms with Gasteiger partial charge in [0, 0.05) is 18.0 Å². The molecule has 0 aliphatic heterocycles. The van der Waals surface area contributed by atoms with Crippen LogP contribution in [-0.2, 0) is 0 Å². The average Bonchev–Trinajstić information content (AvgIpc) is 3.37. The molecule has 3 aromatic heterocycles. The number of H-pyrrole nitrogens is 1. The van der Waals surface area contributed by atoms with E-state index in [0.717, 1.165) is 6.07 Å². The zero-order valence-corrected chi connectivity index (χ0v) is 22.9. The molecular formula is C24H19Cl3F2N8O3. The minimum absolute atomic E-state index is 0.0231. The van der Waals surface area contributed by atoms with Crippen LogP contribution in [0.3, 0.4) is 0 Å². The molecule has 0 aliphatic carbocycles. The summed E-state index contributed by atoms with van der Waals surface area (Å²) >= 11 is 17.1. The number of ether oxygens (including phenoxy) is 2. The molecule has 16 heteroatoms. The maximum Gasteiger partial charge on any atom is 0.224 e. The summed E-state index contributed by atoms with van der Waals surface area (Å²) in [5.41, 5.74) is 1.62. The predicted molar refractivity (Wildman–Crippen MR) is 145 cm³/mol. The first kappa shape index (κ1) is 30.5. The molecule has 2 aromatic carbocycles. The van der Waals surface area contributed by atoms with E-state index in [9.17, 15) is 13.6 Å². The molecule has 0 atom stereocenters. The molecule has 5 N–H and O–H groups in total. The lowest BCUT2D eigenvalue weighted by Gasteiger charge is -2.08. The van der Waals surface area contributed by atoms with E-state index < -0.39 is 11.6 Å². The fraction of sp³-hybridized carbons (Fsp3) is 0.0833. The number of hydrogen-bond donors (Lipinski definition) is 3. The van der Waals surface area contributed by atoms with Gasteiger partial charge in [-0.3, -0.25) is 21.6 Å². The Labute approximate surface area is 240 Å². The van der Waals surface area contributed by atoms with Crippen LogP contribution in [-0.4, -0.2) is 50.1 Å². The van der Waals surface area contributed by atoms with E-state index in [1.807, 2.05) is 0 Å². The normalized spacial score (nSPS) is 10.2. The quantitative estimate of drug-likeness (QED) is 0.0825. The van der Waals surface area contributed by atoms with Crippen LogP contribution in [0.5, 0.6) is 11.5 Å². The summed E-state index contributed by atoms with van der Waals surface area (Å²) in [6.45, 7) is 0. The van der Waals surface area contributed by atoms with Gasteiger partial charge in [-0.05, 0) is 59.6 Å². The van der Waals surface area contributed by atoms with Gasteiger partial charge in [0.1, 0.15) is 28.3 Å². The molecule has 0 fully saturated rings. The highest BCUT2D eigenvalue weighted by Gasteiger charge is 2.20. The summed E-state index contributed by atoms with van der Waals surface area (Å²) in [7, 11) is 2.90. The van der Waals surface area contributed by atoms with E-state index in [4.69, 9.17) is 44.3 Å². The smallest absolute Gasteiger partial charge is 0.224 e. The van der Waals surface area contributed by atoms with E-state index in [1.165, 1.54) is 50.9 Å². The van der Waals surface area contributed by atoms with Crippen LogP contribution < -0.4 is 21.2 Å². The number of benzene rings is 2. The van der Waals surface area contributed by atoms with Crippen molar-refractivity contribution in [3.8, 4) is 22.8 Å². The molecule has 0 amide bonds. The van der Waals surface area contributed by atoms with Crippen molar-refractivity contribution in [3.05, 3.63) is 87.3 Å². The van der Waals surface area contributed by atoms with Gasteiger partial charge in [-0.25, -0.2) is 23.7 Å². The molecule has 0 bridgehead atoms. The number of nitrogens with one attached hydrogen (secondary N) is 1. The third kappa shape index (κ3) is 6.94. The highest BCUT2D eigenvalue weighted by Crippen LogP contribution is 2.33. The zero-order valence-electron chi connectivity index (χ0n) is 20.6. The number of carbonyl (C=O) groups excluding carboxylic acids is 1. The topological polar surface area (TPSA) is 168 Å². The standard InChI is InChI=1S/C12H7Cl2FN2O2.C12H8ClFN4O.H4N2/c1-19-9-3-2-6(15)4-7(9)10(18)8-5-16-12(14)17-11(8)13;1-19-9-3-2-6(14)4-7(9)10-8-5-15-12(13)16-11(8)18-17-10;1-2/h2-5H,1H3;2-5H,1H3,(H,15,16,17,18);1-2H2. The number of aromatic amines is 1. The maximum atomic E-state index is 13.4. The summed E-state index contributed by atoms with van der Waals surface area (Å²) in [6, 6.07) is 7.84. The first-order chi connectivity index (χ1) is 19.2. The lowest BCUT2D eigenvalue weighted by molar-refractivity contribution is 0.103. The fourth-order valence-electron chi connectivity index (χ4n) is 3.36. The number of fused-ring (bicyclic) bond motifs is 1. The van der Waals surface area contributed by atoms with Gasteiger partial charge in [-0.15, -0.1) is 0 Å². The molecule has 0 saturated carbocycles. The lowest BCUT2D eigenvalue weighted by atomic mass is 10.0. The zero-order chi connectivity index (χ0) is 29.4. The fourth-order valence-corrected chi connectivity index (χ4v) is 3.88. The van der Waals surface area contributed by atoms with Crippen molar-refractivity contribution in [1.29, 1.82) is 0 Å². The molecule has 3 heterocycles. The summed E-state index contributed by atoms with van der Waals surface area (Å²) in [5.74, 6) is 7.29.